The van der Waals surface area contributed by atoms with Crippen LogP contribution in [0.2, 0.25) is 0 Å². The van der Waals surface area contributed by atoms with Gasteiger partial charge in [0.2, 0.25) is 0 Å². The van der Waals surface area contributed by atoms with Gasteiger partial charge in [0.25, 0.3) is 6.43 Å². The number of aromatic nitrogens is 1. The molecule has 6 heteroatoms. The van der Waals surface area contributed by atoms with E-state index < -0.39 is 18.0 Å². The minimum Gasteiger partial charge on any atom is -0.465 e. The Morgan fingerprint density at radius 1 is 1.60 bits per heavy atom. The number of nitrogens with two attached hydrogens (primary N) is 1. The van der Waals surface area contributed by atoms with E-state index in [1.807, 2.05) is 0 Å². The highest BCUT2D eigenvalue weighted by molar-refractivity contribution is 5.96. The molecule has 0 unspecified atom stereocenters. The molecule has 4 nitrogen and oxygen atoms in total. The van der Waals surface area contributed by atoms with E-state index in [1.54, 1.807) is 0 Å². The summed E-state index contributed by atoms with van der Waals surface area (Å²) in [6, 6.07) is 0. The van der Waals surface area contributed by atoms with Crippen LogP contribution in [-0.4, -0.2) is 18.1 Å². The number of carbonyl (C=O) groups excluding carboxylic acids is 1. The first kappa shape index (κ1) is 11.4. The number of anilines is 1. The Hall–Kier alpha value is -1.72. The number of hydrogen-bond acceptors (Lipinski definition) is 4. The van der Waals surface area contributed by atoms with Gasteiger partial charge in [0, 0.05) is 11.8 Å². The van der Waals surface area contributed by atoms with Crippen molar-refractivity contribution in [1.29, 1.82) is 0 Å². The van der Waals surface area contributed by atoms with Gasteiger partial charge in [0.1, 0.15) is 11.4 Å². The molecule has 0 radical (unpaired) electrons. The van der Waals surface area contributed by atoms with Gasteiger partial charge in [-0.15, -0.1) is 0 Å². The Labute approximate surface area is 85.1 Å². The lowest BCUT2D eigenvalue weighted by Gasteiger charge is -2.11. The first-order valence-electron chi connectivity index (χ1n) is 4.10. The van der Waals surface area contributed by atoms with E-state index >= 15 is 0 Å². The van der Waals surface area contributed by atoms with Crippen LogP contribution in [0, 0.1) is 6.92 Å². The molecule has 0 spiro atoms. The van der Waals surface area contributed by atoms with E-state index in [0.717, 1.165) is 7.11 Å². The summed E-state index contributed by atoms with van der Waals surface area (Å²) in [5, 5.41) is 0. The van der Waals surface area contributed by atoms with Crippen molar-refractivity contribution < 1.29 is 18.3 Å². The standard InChI is InChI=1S/C9H10F2N2O2/c1-4-3-13-8(12)6(9(14)15-2)5(4)7(10)11/h3,7H,1-2H3,(H2,12,13). The predicted molar refractivity (Wildman–Crippen MR) is 49.7 cm³/mol. The summed E-state index contributed by atoms with van der Waals surface area (Å²) < 4.78 is 29.7. The molecule has 0 amide bonds. The van der Waals surface area contributed by atoms with Crippen molar-refractivity contribution in [3.8, 4) is 0 Å². The second kappa shape index (κ2) is 4.20. The lowest BCUT2D eigenvalue weighted by molar-refractivity contribution is 0.0590. The first-order valence-corrected chi connectivity index (χ1v) is 4.10. The molecule has 0 atom stereocenters. The van der Waals surface area contributed by atoms with Crippen LogP contribution in [0.1, 0.15) is 27.9 Å². The Bertz CT molecular complexity index is 394. The Morgan fingerprint density at radius 3 is 2.67 bits per heavy atom. The normalized spacial score (nSPS) is 10.5. The summed E-state index contributed by atoms with van der Waals surface area (Å²) in [6.45, 7) is 1.43. The molecule has 0 aliphatic rings. The third-order valence-corrected chi connectivity index (χ3v) is 1.96. The fourth-order valence-electron chi connectivity index (χ4n) is 1.23. The lowest BCUT2D eigenvalue weighted by Crippen LogP contribution is -2.12. The monoisotopic (exact) mass is 216 g/mol. The van der Waals surface area contributed by atoms with E-state index in [0.29, 0.717) is 0 Å². The zero-order valence-electron chi connectivity index (χ0n) is 8.25. The minimum atomic E-state index is -2.79. The molecule has 82 valence electrons. The molecule has 1 heterocycles. The van der Waals surface area contributed by atoms with Crippen molar-refractivity contribution >= 4 is 11.8 Å². The van der Waals surface area contributed by atoms with Gasteiger partial charge < -0.3 is 10.5 Å². The van der Waals surface area contributed by atoms with Crippen LogP contribution in [0.3, 0.4) is 0 Å². The number of esters is 1. The van der Waals surface area contributed by atoms with Gasteiger partial charge in [-0.25, -0.2) is 18.6 Å². The summed E-state index contributed by atoms with van der Waals surface area (Å²) in [7, 11) is 1.10. The van der Waals surface area contributed by atoms with Gasteiger partial charge in [0.15, 0.2) is 0 Å². The van der Waals surface area contributed by atoms with Gasteiger partial charge in [0.05, 0.1) is 7.11 Å². The molecule has 1 aromatic heterocycles. The zero-order valence-corrected chi connectivity index (χ0v) is 8.25. The average molecular weight is 216 g/mol. The molecule has 1 rings (SSSR count). The molecule has 0 aliphatic carbocycles. The number of alkyl halides is 2. The largest absolute Gasteiger partial charge is 0.465 e. The highest BCUT2D eigenvalue weighted by Crippen LogP contribution is 2.29. The number of aryl methyl sites for hydroxylation is 1. The summed E-state index contributed by atoms with van der Waals surface area (Å²) in [5.74, 6) is -1.15. The number of nitrogen functional groups attached to an aromatic ring is 1. The maximum absolute atomic E-state index is 12.7. The van der Waals surface area contributed by atoms with E-state index in [4.69, 9.17) is 5.73 Å². The third-order valence-electron chi connectivity index (χ3n) is 1.96. The number of hydrogen-bond donors (Lipinski definition) is 1. The number of methoxy groups -OCH3 is 1. The van der Waals surface area contributed by atoms with E-state index in [2.05, 4.69) is 9.72 Å². The third kappa shape index (κ3) is 2.03. The van der Waals surface area contributed by atoms with Crippen LogP contribution >= 0.6 is 0 Å². The van der Waals surface area contributed by atoms with Crippen molar-refractivity contribution in [2.45, 2.75) is 13.3 Å². The van der Waals surface area contributed by atoms with Crippen LogP contribution in [0.15, 0.2) is 6.20 Å². The molecular formula is C9H10F2N2O2. The maximum atomic E-state index is 12.7. The smallest absolute Gasteiger partial charge is 0.342 e. The number of carbonyl (C=O) groups is 1. The van der Waals surface area contributed by atoms with Gasteiger partial charge in [-0.1, -0.05) is 0 Å². The zero-order chi connectivity index (χ0) is 11.6. The van der Waals surface area contributed by atoms with Crippen molar-refractivity contribution in [2.75, 3.05) is 12.8 Å². The van der Waals surface area contributed by atoms with Crippen LogP contribution in [0.25, 0.3) is 0 Å². The SMILES string of the molecule is COC(=O)c1c(N)ncc(C)c1C(F)F. The first-order chi connectivity index (χ1) is 6.99. The maximum Gasteiger partial charge on any atom is 0.342 e. The van der Waals surface area contributed by atoms with Gasteiger partial charge in [-0.05, 0) is 12.5 Å². The van der Waals surface area contributed by atoms with Crippen molar-refractivity contribution in [3.05, 3.63) is 22.9 Å². The molecular weight excluding hydrogens is 206 g/mol. The van der Waals surface area contributed by atoms with Crippen molar-refractivity contribution in [1.82, 2.24) is 4.98 Å². The van der Waals surface area contributed by atoms with Gasteiger partial charge >= 0.3 is 5.97 Å². The second-order valence-electron chi connectivity index (χ2n) is 2.91. The molecule has 0 fully saturated rings. The average Bonchev–Trinajstić information content (AvgIpc) is 2.19. The van der Waals surface area contributed by atoms with Crippen LogP contribution in [-0.2, 0) is 4.74 Å². The van der Waals surface area contributed by atoms with Crippen LogP contribution < -0.4 is 5.73 Å². The number of pyridine rings is 1. The quantitative estimate of drug-likeness (QED) is 0.764. The summed E-state index contributed by atoms with van der Waals surface area (Å²) in [4.78, 5) is 14.9. The number of nitrogens with zero attached hydrogens (tertiary/aromatic N) is 1. The van der Waals surface area contributed by atoms with E-state index in [1.165, 1.54) is 13.1 Å². The number of halogens is 2. The minimum absolute atomic E-state index is 0.208. The van der Waals surface area contributed by atoms with E-state index in [-0.39, 0.29) is 16.9 Å². The number of rotatable bonds is 2. The molecule has 0 saturated carbocycles. The molecule has 0 aliphatic heterocycles. The topological polar surface area (TPSA) is 65.2 Å². The summed E-state index contributed by atoms with van der Waals surface area (Å²) in [6.07, 6.45) is -1.59. The van der Waals surface area contributed by atoms with Crippen molar-refractivity contribution in [2.24, 2.45) is 0 Å². The Balaban J connectivity index is 3.45. The Kier molecular flexibility index (Phi) is 3.18. The fourth-order valence-corrected chi connectivity index (χ4v) is 1.23. The van der Waals surface area contributed by atoms with Crippen LogP contribution in [0.4, 0.5) is 14.6 Å². The highest BCUT2D eigenvalue weighted by Gasteiger charge is 2.24. The second-order valence-corrected chi connectivity index (χ2v) is 2.91. The predicted octanol–water partition coefficient (Wildman–Crippen LogP) is 1.70. The summed E-state index contributed by atoms with van der Waals surface area (Å²) in [5.41, 5.74) is 4.79. The lowest BCUT2D eigenvalue weighted by atomic mass is 10.0. The summed E-state index contributed by atoms with van der Waals surface area (Å²) >= 11 is 0. The van der Waals surface area contributed by atoms with Gasteiger partial charge in [-0.2, -0.15) is 0 Å². The molecule has 0 bridgehead atoms. The Morgan fingerprint density at radius 2 is 2.20 bits per heavy atom. The number of ether oxygens (including phenoxy) is 1. The highest BCUT2D eigenvalue weighted by atomic mass is 19.3. The van der Waals surface area contributed by atoms with E-state index in [9.17, 15) is 13.6 Å². The van der Waals surface area contributed by atoms with Gasteiger partial charge in [-0.3, -0.25) is 0 Å². The van der Waals surface area contributed by atoms with Crippen LogP contribution in [0.5, 0.6) is 0 Å². The van der Waals surface area contributed by atoms with Crippen molar-refractivity contribution in [3.63, 3.8) is 0 Å². The molecule has 0 aromatic carbocycles. The molecule has 15 heavy (non-hydrogen) atoms. The molecule has 2 N–H and O–H groups in total. The molecule has 1 aromatic rings. The molecule has 0 saturated heterocycles. The fraction of sp³-hybridized carbons (Fsp3) is 0.333.